The Morgan fingerprint density at radius 3 is 1.80 bits per heavy atom. The van der Waals surface area contributed by atoms with Crippen molar-refractivity contribution in [1.82, 2.24) is 0 Å². The predicted octanol–water partition coefficient (Wildman–Crippen LogP) is 0.461. The topological polar surface area (TPSA) is 20.2 Å². The van der Waals surface area contributed by atoms with Crippen LogP contribution in [0.2, 0.25) is 0 Å². The number of aliphatic hydroxyl groups excluding tert-OH is 1. The molecule has 0 radical (unpaired) electrons. The van der Waals surface area contributed by atoms with Gasteiger partial charge in [-0.25, -0.2) is 0 Å². The van der Waals surface area contributed by atoms with Gasteiger partial charge in [-0.15, -0.1) is 24.0 Å². The van der Waals surface area contributed by atoms with Crippen LogP contribution in [0.5, 0.6) is 0 Å². The molecule has 0 spiro atoms. The Kier molecular flexibility index (Phi) is 51.5. The molecule has 0 aliphatic rings. The Hall–Kier alpha value is 2.17. The summed E-state index contributed by atoms with van der Waals surface area (Å²) in [5.41, 5.74) is 0. The van der Waals surface area contributed by atoms with Gasteiger partial charge in [0.05, 0.1) is 0 Å². The molecular formula is C2H9IOSr. The van der Waals surface area contributed by atoms with Crippen LogP contribution in [0.4, 0.5) is 0 Å². The Labute approximate surface area is 89.4 Å². The standard InChI is InChI=1S/C2H6O.HI.Sr.2H/c1-2-3;;;;/h3H,2H2,1H3;1H;;;/q;;+2;2*-1. The molecule has 0 aromatic carbocycles. The van der Waals surface area contributed by atoms with E-state index in [0.717, 1.165) is 0 Å². The molecule has 0 aromatic heterocycles. The summed E-state index contributed by atoms with van der Waals surface area (Å²) in [6.45, 7) is 1.93. The summed E-state index contributed by atoms with van der Waals surface area (Å²) >= 11 is 0. The molecule has 0 aromatic rings. The summed E-state index contributed by atoms with van der Waals surface area (Å²) in [5, 5.41) is 7.57. The minimum Gasteiger partial charge on any atom is -1.00 e. The van der Waals surface area contributed by atoms with Gasteiger partial charge in [-0.05, 0) is 6.92 Å². The maximum atomic E-state index is 7.57. The Balaban J connectivity index is -0.00000000333. The monoisotopic (exact) mass is 264 g/mol. The normalized spacial score (nSPS) is 3.60. The molecule has 5 heavy (non-hydrogen) atoms. The largest absolute Gasteiger partial charge is 2.00 e. The van der Waals surface area contributed by atoms with E-state index in [1.54, 1.807) is 6.92 Å². The minimum absolute atomic E-state index is 0. The predicted molar refractivity (Wildman–Crippen MR) is 36.2 cm³/mol. The molecule has 0 aliphatic heterocycles. The van der Waals surface area contributed by atoms with Crippen LogP contribution in [0, 0.1) is 0 Å². The smallest absolute Gasteiger partial charge is 1.00 e. The van der Waals surface area contributed by atoms with Crippen molar-refractivity contribution in [2.24, 2.45) is 0 Å². The summed E-state index contributed by atoms with van der Waals surface area (Å²) in [6.07, 6.45) is 0. The van der Waals surface area contributed by atoms with Gasteiger partial charge < -0.3 is 7.96 Å². The number of hydrogen-bond acceptors (Lipinski definition) is 1. The third-order valence-electron chi connectivity index (χ3n) is 0. The molecular weight excluding hydrogens is 255 g/mol. The van der Waals surface area contributed by atoms with Crippen LogP contribution in [0.15, 0.2) is 0 Å². The molecule has 0 amide bonds. The Morgan fingerprint density at radius 2 is 1.80 bits per heavy atom. The molecule has 1 N–H and O–H groups in total. The number of halogens is 1. The maximum absolute atomic E-state index is 7.57. The van der Waals surface area contributed by atoms with Gasteiger partial charge in [-0.2, -0.15) is 0 Å². The molecule has 0 saturated heterocycles. The van der Waals surface area contributed by atoms with E-state index in [4.69, 9.17) is 5.11 Å². The number of hydrogen-bond donors (Lipinski definition) is 1. The zero-order valence-electron chi connectivity index (χ0n) is 5.27. The van der Waals surface area contributed by atoms with Crippen molar-refractivity contribution in [3.63, 3.8) is 0 Å². The number of aliphatic hydroxyl groups is 1. The molecule has 0 aliphatic carbocycles. The first-order valence-electron chi connectivity index (χ1n) is 1.02. The van der Waals surface area contributed by atoms with E-state index in [1.807, 2.05) is 0 Å². The van der Waals surface area contributed by atoms with Gasteiger partial charge in [0, 0.05) is 6.61 Å². The third-order valence-corrected chi connectivity index (χ3v) is 0. The van der Waals surface area contributed by atoms with Gasteiger partial charge in [0.2, 0.25) is 0 Å². The van der Waals surface area contributed by atoms with Crippen molar-refractivity contribution < 1.29 is 7.96 Å². The van der Waals surface area contributed by atoms with Crippen LogP contribution < -0.4 is 0 Å². The fourth-order valence-corrected chi connectivity index (χ4v) is 0. The maximum Gasteiger partial charge on any atom is 2.00 e. The Morgan fingerprint density at radius 1 is 1.80 bits per heavy atom. The van der Waals surface area contributed by atoms with Crippen LogP contribution in [0.25, 0.3) is 0 Å². The number of rotatable bonds is 0. The van der Waals surface area contributed by atoms with Crippen molar-refractivity contribution >= 4 is 69.5 Å². The molecule has 0 unspecified atom stereocenters. The van der Waals surface area contributed by atoms with Gasteiger partial charge in [0.1, 0.15) is 0 Å². The van der Waals surface area contributed by atoms with E-state index in [1.165, 1.54) is 0 Å². The summed E-state index contributed by atoms with van der Waals surface area (Å²) in [6, 6.07) is 0. The average molecular weight is 264 g/mol. The second-order valence-electron chi connectivity index (χ2n) is 0.316. The van der Waals surface area contributed by atoms with Crippen LogP contribution in [-0.4, -0.2) is 57.2 Å². The first kappa shape index (κ1) is 15.7. The van der Waals surface area contributed by atoms with Crippen LogP contribution in [-0.2, 0) is 0 Å². The fourth-order valence-electron chi connectivity index (χ4n) is 0. The van der Waals surface area contributed by atoms with Crippen molar-refractivity contribution in [3.05, 3.63) is 0 Å². The molecule has 0 atom stereocenters. The van der Waals surface area contributed by atoms with Gasteiger partial charge in [-0.3, -0.25) is 0 Å². The minimum atomic E-state index is 0. The third kappa shape index (κ3) is 22.8. The van der Waals surface area contributed by atoms with E-state index in [-0.39, 0.29) is 78.9 Å². The van der Waals surface area contributed by atoms with E-state index in [0.29, 0.717) is 0 Å². The van der Waals surface area contributed by atoms with Gasteiger partial charge >= 0.3 is 45.5 Å². The van der Waals surface area contributed by atoms with Gasteiger partial charge in [0.15, 0.2) is 0 Å². The van der Waals surface area contributed by atoms with Crippen LogP contribution >= 0.6 is 24.0 Å². The first-order valence-corrected chi connectivity index (χ1v) is 1.02. The molecule has 1 nitrogen and oxygen atoms in total. The zero-order valence-corrected chi connectivity index (χ0v) is 9.08. The van der Waals surface area contributed by atoms with Crippen molar-refractivity contribution in [1.29, 1.82) is 0 Å². The fraction of sp³-hybridized carbons (Fsp3) is 1.00. The summed E-state index contributed by atoms with van der Waals surface area (Å²) in [5.74, 6) is 0. The van der Waals surface area contributed by atoms with Crippen molar-refractivity contribution in [2.75, 3.05) is 6.61 Å². The van der Waals surface area contributed by atoms with E-state index in [9.17, 15) is 0 Å². The quantitative estimate of drug-likeness (QED) is 0.497. The van der Waals surface area contributed by atoms with Crippen molar-refractivity contribution in [2.45, 2.75) is 6.92 Å². The zero-order chi connectivity index (χ0) is 2.71. The van der Waals surface area contributed by atoms with Crippen LogP contribution in [0.1, 0.15) is 9.78 Å². The summed E-state index contributed by atoms with van der Waals surface area (Å²) in [4.78, 5) is 0. The van der Waals surface area contributed by atoms with Crippen molar-refractivity contribution in [3.8, 4) is 0 Å². The molecule has 0 fully saturated rings. The second-order valence-corrected chi connectivity index (χ2v) is 0.316. The molecule has 0 saturated carbocycles. The molecule has 0 bridgehead atoms. The molecule has 0 rings (SSSR count). The molecule has 0 heterocycles. The van der Waals surface area contributed by atoms with Crippen LogP contribution in [0.3, 0.4) is 0 Å². The molecule has 3 heteroatoms. The van der Waals surface area contributed by atoms with E-state index < -0.39 is 0 Å². The van der Waals surface area contributed by atoms with E-state index in [2.05, 4.69) is 0 Å². The SMILES string of the molecule is CCO.I.[H-].[H-].[Sr+2]. The van der Waals surface area contributed by atoms with Gasteiger partial charge in [0.25, 0.3) is 0 Å². The molecule has 32 valence electrons. The second kappa shape index (κ2) is 16.4. The Bertz CT molecular complexity index is 15.7. The summed E-state index contributed by atoms with van der Waals surface area (Å²) < 4.78 is 0. The van der Waals surface area contributed by atoms with Gasteiger partial charge in [-0.1, -0.05) is 0 Å². The summed E-state index contributed by atoms with van der Waals surface area (Å²) in [7, 11) is 0. The average Bonchev–Trinajstić information content (AvgIpc) is 0.918. The first-order chi connectivity index (χ1) is 1.41. The van der Waals surface area contributed by atoms with E-state index >= 15 is 0 Å².